The Bertz CT molecular complexity index is 503. The van der Waals surface area contributed by atoms with Crippen LogP contribution in [0.25, 0.3) is 0 Å². The van der Waals surface area contributed by atoms with Gasteiger partial charge in [0, 0.05) is 44.6 Å². The molecule has 0 radical (unpaired) electrons. The Morgan fingerprint density at radius 2 is 1.93 bits per heavy atom. The molecule has 0 spiro atoms. The highest BCUT2D eigenvalue weighted by Crippen LogP contribution is 2.26. The molecule has 1 unspecified atom stereocenters. The summed E-state index contributed by atoms with van der Waals surface area (Å²) < 4.78 is 4.65. The van der Waals surface area contributed by atoms with Gasteiger partial charge in [-0.15, -0.1) is 0 Å². The van der Waals surface area contributed by atoms with E-state index in [0.29, 0.717) is 18.9 Å². The molecular weight excluding hydrogens is 344 g/mol. The molecule has 27 heavy (non-hydrogen) atoms. The Morgan fingerprint density at radius 3 is 2.63 bits per heavy atom. The van der Waals surface area contributed by atoms with Gasteiger partial charge < -0.3 is 20.3 Å². The molecule has 1 atom stereocenters. The van der Waals surface area contributed by atoms with Crippen LogP contribution >= 0.6 is 0 Å². The van der Waals surface area contributed by atoms with Crippen molar-refractivity contribution in [3.63, 3.8) is 0 Å². The van der Waals surface area contributed by atoms with Gasteiger partial charge in [0.15, 0.2) is 5.96 Å². The van der Waals surface area contributed by atoms with Crippen LogP contribution in [-0.2, 0) is 14.3 Å². The van der Waals surface area contributed by atoms with Crippen molar-refractivity contribution in [2.24, 2.45) is 10.9 Å². The second-order valence-corrected chi connectivity index (χ2v) is 7.54. The zero-order valence-corrected chi connectivity index (χ0v) is 17.0. The molecule has 2 rings (SSSR count). The van der Waals surface area contributed by atoms with Crippen LogP contribution in [0.3, 0.4) is 0 Å². The van der Waals surface area contributed by atoms with Crippen LogP contribution in [0.15, 0.2) is 4.99 Å². The van der Waals surface area contributed by atoms with E-state index in [1.54, 1.807) is 0 Å². The number of methoxy groups -OCH3 is 1. The van der Waals surface area contributed by atoms with E-state index >= 15 is 0 Å². The smallest absolute Gasteiger partial charge is 0.305 e. The quantitative estimate of drug-likeness (QED) is 0.291. The summed E-state index contributed by atoms with van der Waals surface area (Å²) >= 11 is 0. The molecule has 1 amide bonds. The van der Waals surface area contributed by atoms with Gasteiger partial charge in [0.2, 0.25) is 5.91 Å². The van der Waals surface area contributed by atoms with Gasteiger partial charge in [-0.05, 0) is 39.0 Å². The molecule has 2 fully saturated rings. The summed E-state index contributed by atoms with van der Waals surface area (Å²) in [4.78, 5) is 30.5. The van der Waals surface area contributed by atoms with Crippen molar-refractivity contribution in [1.29, 1.82) is 0 Å². The van der Waals surface area contributed by atoms with Crippen molar-refractivity contribution in [2.45, 2.75) is 70.8 Å². The fourth-order valence-electron chi connectivity index (χ4n) is 3.87. The molecule has 1 aliphatic heterocycles. The van der Waals surface area contributed by atoms with Crippen molar-refractivity contribution in [3.05, 3.63) is 0 Å². The van der Waals surface area contributed by atoms with Crippen LogP contribution in [-0.4, -0.2) is 62.1 Å². The first-order valence-corrected chi connectivity index (χ1v) is 10.5. The van der Waals surface area contributed by atoms with Crippen molar-refractivity contribution >= 4 is 17.8 Å². The molecule has 7 nitrogen and oxygen atoms in total. The third kappa shape index (κ3) is 7.39. The molecule has 1 saturated heterocycles. The summed E-state index contributed by atoms with van der Waals surface area (Å²) in [6, 6.07) is 0.255. The number of hydrogen-bond acceptors (Lipinski definition) is 4. The topological polar surface area (TPSA) is 83.0 Å². The molecule has 2 N–H and O–H groups in total. The van der Waals surface area contributed by atoms with Crippen molar-refractivity contribution in [2.75, 3.05) is 33.3 Å². The van der Waals surface area contributed by atoms with Gasteiger partial charge >= 0.3 is 5.97 Å². The van der Waals surface area contributed by atoms with E-state index in [1.807, 2.05) is 11.8 Å². The van der Waals surface area contributed by atoms with Crippen LogP contribution in [0.4, 0.5) is 0 Å². The second-order valence-electron chi connectivity index (χ2n) is 7.54. The van der Waals surface area contributed by atoms with Crippen molar-refractivity contribution in [1.82, 2.24) is 15.5 Å². The first-order valence-electron chi connectivity index (χ1n) is 10.5. The number of carbonyl (C=O) groups is 2. The lowest BCUT2D eigenvalue weighted by Crippen LogP contribution is -2.45. The van der Waals surface area contributed by atoms with Crippen LogP contribution in [0.1, 0.15) is 64.7 Å². The molecule has 1 saturated carbocycles. The maximum absolute atomic E-state index is 12.7. The molecule has 1 aliphatic carbocycles. The first-order chi connectivity index (χ1) is 13.1. The number of unbranched alkanes of at least 4 members (excludes halogenated alkanes) is 1. The minimum Gasteiger partial charge on any atom is -0.469 e. The third-order valence-electron chi connectivity index (χ3n) is 5.43. The van der Waals surface area contributed by atoms with Crippen molar-refractivity contribution < 1.29 is 14.3 Å². The average Bonchev–Trinajstić information content (AvgIpc) is 3.16. The fourth-order valence-corrected chi connectivity index (χ4v) is 3.87. The van der Waals surface area contributed by atoms with E-state index in [4.69, 9.17) is 0 Å². The van der Waals surface area contributed by atoms with Crippen LogP contribution in [0.2, 0.25) is 0 Å². The number of amides is 1. The van der Waals surface area contributed by atoms with E-state index in [2.05, 4.69) is 20.4 Å². The number of guanidine groups is 1. The Kier molecular flexibility index (Phi) is 9.42. The highest BCUT2D eigenvalue weighted by molar-refractivity contribution is 5.81. The number of hydrogen-bond donors (Lipinski definition) is 2. The number of ether oxygens (including phenoxy) is 1. The molecular formula is C20H36N4O3. The van der Waals surface area contributed by atoms with Gasteiger partial charge in [0.1, 0.15) is 0 Å². The van der Waals surface area contributed by atoms with E-state index in [-0.39, 0.29) is 17.9 Å². The molecule has 0 aromatic heterocycles. The lowest BCUT2D eigenvalue weighted by Gasteiger charge is -2.26. The number of rotatable bonds is 8. The lowest BCUT2D eigenvalue weighted by molar-refractivity contribution is -0.140. The van der Waals surface area contributed by atoms with Gasteiger partial charge in [-0.2, -0.15) is 0 Å². The van der Waals surface area contributed by atoms with Crippen LogP contribution in [0.5, 0.6) is 0 Å². The van der Waals surface area contributed by atoms with E-state index in [9.17, 15) is 9.59 Å². The van der Waals surface area contributed by atoms with Crippen molar-refractivity contribution in [3.8, 4) is 0 Å². The largest absolute Gasteiger partial charge is 0.469 e. The normalized spacial score (nSPS) is 21.2. The molecule has 0 aromatic rings. The number of aliphatic imine (C=N–C) groups is 1. The summed E-state index contributed by atoms with van der Waals surface area (Å²) in [5.41, 5.74) is 0. The predicted molar refractivity (Wildman–Crippen MR) is 107 cm³/mol. The summed E-state index contributed by atoms with van der Waals surface area (Å²) in [7, 11) is 1.41. The Morgan fingerprint density at radius 1 is 1.15 bits per heavy atom. The summed E-state index contributed by atoms with van der Waals surface area (Å²) in [5.74, 6) is 1.23. The summed E-state index contributed by atoms with van der Waals surface area (Å²) in [5, 5.41) is 6.74. The maximum atomic E-state index is 12.7. The van der Waals surface area contributed by atoms with E-state index in [1.165, 1.54) is 26.4 Å². The number of esters is 1. The number of likely N-dealkylation sites (tertiary alicyclic amines) is 1. The Hall–Kier alpha value is -1.79. The number of carbonyl (C=O) groups excluding carboxylic acids is 2. The Balaban J connectivity index is 1.74. The minimum absolute atomic E-state index is 0.169. The maximum Gasteiger partial charge on any atom is 0.305 e. The van der Waals surface area contributed by atoms with Gasteiger partial charge in [0.25, 0.3) is 0 Å². The minimum atomic E-state index is -0.169. The highest BCUT2D eigenvalue weighted by atomic mass is 16.5. The van der Waals surface area contributed by atoms with Crippen LogP contribution < -0.4 is 10.6 Å². The van der Waals surface area contributed by atoms with E-state index < -0.39 is 0 Å². The van der Waals surface area contributed by atoms with Gasteiger partial charge in [-0.1, -0.05) is 19.3 Å². The monoisotopic (exact) mass is 380 g/mol. The van der Waals surface area contributed by atoms with Crippen LogP contribution in [0, 0.1) is 5.92 Å². The molecule has 154 valence electrons. The average molecular weight is 381 g/mol. The predicted octanol–water partition coefficient (Wildman–Crippen LogP) is 2.07. The summed E-state index contributed by atoms with van der Waals surface area (Å²) in [6.07, 6.45) is 8.81. The first kappa shape index (κ1) is 21.5. The van der Waals surface area contributed by atoms with Gasteiger partial charge in [0.05, 0.1) is 7.11 Å². The molecule has 2 aliphatic rings. The third-order valence-corrected chi connectivity index (χ3v) is 5.43. The Labute approximate surface area is 163 Å². The zero-order chi connectivity index (χ0) is 19.5. The number of nitrogens with zero attached hydrogens (tertiary/aromatic N) is 2. The fraction of sp³-hybridized carbons (Fsp3) is 0.850. The molecule has 0 bridgehead atoms. The molecule has 0 aromatic carbocycles. The molecule has 7 heteroatoms. The number of nitrogens with one attached hydrogen (secondary N) is 2. The van der Waals surface area contributed by atoms with Gasteiger partial charge in [-0.25, -0.2) is 0 Å². The second kappa shape index (κ2) is 11.8. The van der Waals surface area contributed by atoms with Gasteiger partial charge in [-0.3, -0.25) is 14.6 Å². The summed E-state index contributed by atoms with van der Waals surface area (Å²) in [6.45, 7) is 5.12. The lowest BCUT2D eigenvalue weighted by atomic mass is 9.88. The zero-order valence-electron chi connectivity index (χ0n) is 17.0. The standard InChI is InChI=1S/C20H36N4O3/c1-3-21-20(22-13-8-7-11-18(25)27-2)23-17-12-14-24(15-17)19(26)16-9-5-4-6-10-16/h16-17H,3-15H2,1-2H3,(H2,21,22,23). The SMILES string of the molecule is CCNC(=NCCCCC(=O)OC)NC1CCN(C(=O)C2CCCCC2)C1. The highest BCUT2D eigenvalue weighted by Gasteiger charge is 2.31. The molecule has 1 heterocycles. The van der Waals surface area contributed by atoms with E-state index in [0.717, 1.165) is 57.7 Å².